The smallest absolute Gasteiger partial charge is 0.352 e. The lowest BCUT2D eigenvalue weighted by Crippen LogP contribution is -2.55. The summed E-state index contributed by atoms with van der Waals surface area (Å²) in [5.74, 6) is -1.17. The van der Waals surface area contributed by atoms with Crippen LogP contribution in [0.2, 0.25) is 0 Å². The first-order valence-corrected chi connectivity index (χ1v) is 12.1. The third kappa shape index (κ3) is 6.86. The number of carbonyl (C=O) groups is 3. The van der Waals surface area contributed by atoms with E-state index in [9.17, 15) is 27.6 Å². The summed E-state index contributed by atoms with van der Waals surface area (Å²) in [6, 6.07) is 12.1. The van der Waals surface area contributed by atoms with Crippen molar-refractivity contribution in [2.45, 2.75) is 51.9 Å². The second-order valence-electron chi connectivity index (χ2n) is 9.57. The summed E-state index contributed by atoms with van der Waals surface area (Å²) in [6.45, 7) is 6.41. The molecule has 1 fully saturated rings. The minimum Gasteiger partial charge on any atom is -0.352 e. The summed E-state index contributed by atoms with van der Waals surface area (Å²) in [4.78, 5) is 40.4. The van der Waals surface area contributed by atoms with Gasteiger partial charge in [0.1, 0.15) is 6.04 Å². The van der Waals surface area contributed by atoms with E-state index in [0.717, 1.165) is 12.1 Å². The third-order valence-electron chi connectivity index (χ3n) is 6.71. The van der Waals surface area contributed by atoms with Gasteiger partial charge in [-0.05, 0) is 61.9 Å². The molecule has 1 saturated heterocycles. The number of hydrogen-bond acceptors (Lipinski definition) is 3. The van der Waals surface area contributed by atoms with Gasteiger partial charge in [-0.2, -0.15) is 13.2 Å². The maximum absolute atomic E-state index is 13.2. The van der Waals surface area contributed by atoms with Crippen molar-refractivity contribution >= 4 is 17.7 Å². The van der Waals surface area contributed by atoms with Crippen molar-refractivity contribution in [1.29, 1.82) is 0 Å². The topological polar surface area (TPSA) is 78.5 Å². The minimum absolute atomic E-state index is 0.0271. The largest absolute Gasteiger partial charge is 0.416 e. The molecule has 2 N–H and O–H groups in total. The van der Waals surface area contributed by atoms with Crippen LogP contribution in [0.1, 0.15) is 59.9 Å². The van der Waals surface area contributed by atoms with E-state index in [1.165, 1.54) is 17.0 Å². The van der Waals surface area contributed by atoms with Crippen LogP contribution < -0.4 is 10.6 Å². The highest BCUT2D eigenvalue weighted by Gasteiger charge is 2.36. The van der Waals surface area contributed by atoms with Gasteiger partial charge in [0.15, 0.2) is 0 Å². The van der Waals surface area contributed by atoms with Gasteiger partial charge in [-0.3, -0.25) is 14.4 Å². The Morgan fingerprint density at radius 1 is 0.889 bits per heavy atom. The molecule has 6 nitrogen and oxygen atoms in total. The molecular formula is C27H32F3N3O3. The molecule has 1 heterocycles. The monoisotopic (exact) mass is 503 g/mol. The molecule has 0 bridgehead atoms. The van der Waals surface area contributed by atoms with Crippen LogP contribution in [0, 0.1) is 11.8 Å². The summed E-state index contributed by atoms with van der Waals surface area (Å²) >= 11 is 0. The Bertz CT molecular complexity index is 1060. The third-order valence-corrected chi connectivity index (χ3v) is 6.71. The molecule has 0 unspecified atom stereocenters. The van der Waals surface area contributed by atoms with E-state index in [0.29, 0.717) is 18.4 Å². The first-order chi connectivity index (χ1) is 17.0. The van der Waals surface area contributed by atoms with Crippen LogP contribution in [-0.4, -0.2) is 47.8 Å². The van der Waals surface area contributed by atoms with E-state index in [1.54, 1.807) is 30.3 Å². The fourth-order valence-corrected chi connectivity index (χ4v) is 4.14. The van der Waals surface area contributed by atoms with Gasteiger partial charge in [0.05, 0.1) is 5.56 Å². The van der Waals surface area contributed by atoms with Crippen LogP contribution in [0.3, 0.4) is 0 Å². The number of alkyl halides is 3. The standard InChI is InChI=1S/C27H32F3N3O3/c1-17(2)18(3)31-25(35)23(32-24(34)20-8-5-4-6-9-20)19-12-14-33(15-13-19)26(36)21-10-7-11-22(16-21)27(28,29)30/h4-11,16-19,23H,12-15H2,1-3H3,(H,31,35)(H,32,34)/t18-,23+/m1/s1. The van der Waals surface area contributed by atoms with E-state index in [2.05, 4.69) is 10.6 Å². The summed E-state index contributed by atoms with van der Waals surface area (Å²) in [7, 11) is 0. The lowest BCUT2D eigenvalue weighted by Gasteiger charge is -2.36. The van der Waals surface area contributed by atoms with Crippen molar-refractivity contribution in [3.8, 4) is 0 Å². The predicted octanol–water partition coefficient (Wildman–Crippen LogP) is 4.52. The second kappa shape index (κ2) is 11.6. The number of halogens is 3. The Morgan fingerprint density at radius 3 is 2.08 bits per heavy atom. The first kappa shape index (κ1) is 27.2. The molecule has 36 heavy (non-hydrogen) atoms. The van der Waals surface area contributed by atoms with Crippen LogP contribution in [0.25, 0.3) is 0 Å². The van der Waals surface area contributed by atoms with E-state index in [-0.39, 0.29) is 48.3 Å². The number of benzene rings is 2. The Balaban J connectivity index is 1.71. The Hall–Kier alpha value is -3.36. The molecule has 2 aromatic carbocycles. The number of hydrogen-bond donors (Lipinski definition) is 2. The molecule has 0 aliphatic carbocycles. The molecule has 0 radical (unpaired) electrons. The summed E-state index contributed by atoms with van der Waals surface area (Å²) < 4.78 is 39.2. The number of carbonyl (C=O) groups excluding carboxylic acids is 3. The molecule has 0 saturated carbocycles. The molecule has 3 amide bonds. The molecule has 0 spiro atoms. The zero-order valence-corrected chi connectivity index (χ0v) is 20.6. The maximum Gasteiger partial charge on any atom is 0.416 e. The van der Waals surface area contributed by atoms with Crippen molar-refractivity contribution in [3.05, 3.63) is 71.3 Å². The highest BCUT2D eigenvalue weighted by molar-refractivity contribution is 5.97. The van der Waals surface area contributed by atoms with Crippen molar-refractivity contribution < 1.29 is 27.6 Å². The van der Waals surface area contributed by atoms with Gasteiger partial charge in [-0.1, -0.05) is 38.1 Å². The number of rotatable bonds is 7. The normalized spacial score (nSPS) is 16.4. The highest BCUT2D eigenvalue weighted by Crippen LogP contribution is 2.30. The van der Waals surface area contributed by atoms with Crippen molar-refractivity contribution in [1.82, 2.24) is 15.5 Å². The number of amides is 3. The van der Waals surface area contributed by atoms with E-state index in [1.807, 2.05) is 20.8 Å². The van der Waals surface area contributed by atoms with Gasteiger partial charge < -0.3 is 15.5 Å². The second-order valence-corrected chi connectivity index (χ2v) is 9.57. The average molecular weight is 504 g/mol. The molecule has 0 aromatic heterocycles. The lowest BCUT2D eigenvalue weighted by molar-refractivity contribution is -0.137. The summed E-state index contributed by atoms with van der Waals surface area (Å²) in [5.41, 5.74) is -0.465. The van der Waals surface area contributed by atoms with Crippen LogP contribution in [0.15, 0.2) is 54.6 Å². The molecule has 1 aliphatic rings. The lowest BCUT2D eigenvalue weighted by atomic mass is 9.87. The van der Waals surface area contributed by atoms with E-state index in [4.69, 9.17) is 0 Å². The van der Waals surface area contributed by atoms with Crippen molar-refractivity contribution in [2.75, 3.05) is 13.1 Å². The quantitative estimate of drug-likeness (QED) is 0.583. The van der Waals surface area contributed by atoms with Gasteiger partial charge in [-0.15, -0.1) is 0 Å². The highest BCUT2D eigenvalue weighted by atomic mass is 19.4. The Morgan fingerprint density at radius 2 is 1.50 bits per heavy atom. The van der Waals surface area contributed by atoms with E-state index >= 15 is 0 Å². The zero-order chi connectivity index (χ0) is 26.5. The average Bonchev–Trinajstić information content (AvgIpc) is 2.86. The molecule has 1 aliphatic heterocycles. The minimum atomic E-state index is -4.53. The van der Waals surface area contributed by atoms with Crippen molar-refractivity contribution in [2.24, 2.45) is 11.8 Å². The van der Waals surface area contributed by atoms with Gasteiger partial charge in [0.2, 0.25) is 5.91 Å². The SMILES string of the molecule is CC(C)[C@@H](C)NC(=O)[C@@H](NC(=O)c1ccccc1)C1CCN(C(=O)c2cccc(C(F)(F)F)c2)CC1. The van der Waals surface area contributed by atoms with Crippen LogP contribution in [0.4, 0.5) is 13.2 Å². The summed E-state index contributed by atoms with van der Waals surface area (Å²) in [6.07, 6.45) is -3.68. The van der Waals surface area contributed by atoms with Crippen LogP contribution in [0.5, 0.6) is 0 Å². The van der Waals surface area contributed by atoms with Crippen LogP contribution >= 0.6 is 0 Å². The summed E-state index contributed by atoms with van der Waals surface area (Å²) in [5, 5.41) is 5.84. The maximum atomic E-state index is 13.2. The number of piperidine rings is 1. The fourth-order valence-electron chi connectivity index (χ4n) is 4.14. The number of likely N-dealkylation sites (tertiary alicyclic amines) is 1. The molecule has 2 aromatic rings. The molecule has 9 heteroatoms. The molecule has 3 rings (SSSR count). The van der Waals surface area contributed by atoms with E-state index < -0.39 is 23.7 Å². The zero-order valence-electron chi connectivity index (χ0n) is 20.6. The van der Waals surface area contributed by atoms with Gasteiger partial charge in [0.25, 0.3) is 11.8 Å². The Kier molecular flexibility index (Phi) is 8.76. The molecule has 194 valence electrons. The van der Waals surface area contributed by atoms with Gasteiger partial charge in [0, 0.05) is 30.3 Å². The fraction of sp³-hybridized carbons (Fsp3) is 0.444. The Labute approximate surface area is 209 Å². The van der Waals surface area contributed by atoms with Gasteiger partial charge >= 0.3 is 6.18 Å². The predicted molar refractivity (Wildman–Crippen MR) is 130 cm³/mol. The number of nitrogens with one attached hydrogen (secondary N) is 2. The number of nitrogens with zero attached hydrogens (tertiary/aromatic N) is 1. The van der Waals surface area contributed by atoms with Crippen LogP contribution in [-0.2, 0) is 11.0 Å². The molecule has 2 atom stereocenters. The van der Waals surface area contributed by atoms with Gasteiger partial charge in [-0.25, -0.2) is 0 Å². The molecular weight excluding hydrogens is 471 g/mol. The van der Waals surface area contributed by atoms with Crippen molar-refractivity contribution in [3.63, 3.8) is 0 Å². The first-order valence-electron chi connectivity index (χ1n) is 12.1.